The van der Waals surface area contributed by atoms with Crippen molar-refractivity contribution >= 4 is 46.0 Å². The van der Waals surface area contributed by atoms with Crippen LogP contribution in [0.5, 0.6) is 23.0 Å². The Morgan fingerprint density at radius 2 is 1.59 bits per heavy atom. The van der Waals surface area contributed by atoms with Crippen LogP contribution >= 0.6 is 0 Å². The largest absolute Gasteiger partial charge is 0.507 e. The van der Waals surface area contributed by atoms with Crippen LogP contribution in [-0.4, -0.2) is 86.7 Å². The van der Waals surface area contributed by atoms with Crippen LogP contribution in [0, 0.1) is 30.6 Å². The molecule has 3 aliphatic rings. The molecular weight excluding hydrogens is 748 g/mol. The zero-order valence-corrected chi connectivity index (χ0v) is 34.0. The molecule has 14 heteroatoms. The fourth-order valence-electron chi connectivity index (χ4n) is 7.53. The van der Waals surface area contributed by atoms with Gasteiger partial charge in [0, 0.05) is 67.4 Å². The van der Waals surface area contributed by atoms with Crippen molar-refractivity contribution in [3.8, 4) is 23.0 Å². The molecule has 0 saturated heterocycles. The van der Waals surface area contributed by atoms with E-state index in [4.69, 9.17) is 18.9 Å². The SMILES string of the molecule is CO[C@H]1/C=C/O[C@@]2(C)Oc3c(C)c(O)c4c(O)c(c(C=Nc5ccccc5)c(O)c4c3C2=O)NC(=O)/C(C)=C\C=C\[C@@H](C)[C@H](O)[C@@H](C)[C@H](O)[C@@H](C)[C@H](OC(C)=O)[C@@H]1C. The van der Waals surface area contributed by atoms with Gasteiger partial charge in [-0.15, -0.1) is 0 Å². The smallest absolute Gasteiger partial charge is 0.312 e. The number of hydrogen-bond donors (Lipinski definition) is 6. The molecule has 3 aromatic carbocycles. The highest BCUT2D eigenvalue weighted by molar-refractivity contribution is 6.24. The van der Waals surface area contributed by atoms with Crippen LogP contribution in [0.4, 0.5) is 11.4 Å². The summed E-state index contributed by atoms with van der Waals surface area (Å²) in [6.45, 7) is 12.5. The van der Waals surface area contributed by atoms with Gasteiger partial charge >= 0.3 is 11.8 Å². The number of ketones is 1. The first-order valence-electron chi connectivity index (χ1n) is 19.0. The predicted molar refractivity (Wildman–Crippen MR) is 218 cm³/mol. The summed E-state index contributed by atoms with van der Waals surface area (Å²) in [6, 6.07) is 8.67. The number of aliphatic hydroxyl groups excluding tert-OH is 2. The Kier molecular flexibility index (Phi) is 13.0. The lowest BCUT2D eigenvalue weighted by molar-refractivity contribution is -0.160. The van der Waals surface area contributed by atoms with Crippen LogP contribution in [0.25, 0.3) is 10.8 Å². The van der Waals surface area contributed by atoms with Crippen molar-refractivity contribution in [2.45, 2.75) is 85.6 Å². The molecule has 310 valence electrons. The number of esters is 1. The van der Waals surface area contributed by atoms with Crippen molar-refractivity contribution in [3.05, 3.63) is 83.2 Å². The average molecular weight is 801 g/mol. The number of ether oxygens (including phenoxy) is 4. The summed E-state index contributed by atoms with van der Waals surface area (Å²) in [5, 5.41) is 60.3. The Balaban J connectivity index is 1.73. The third kappa shape index (κ3) is 8.31. The number of anilines is 1. The molecule has 0 aromatic heterocycles. The van der Waals surface area contributed by atoms with Crippen LogP contribution in [0.2, 0.25) is 0 Å². The Morgan fingerprint density at radius 3 is 2.22 bits per heavy atom. The molecule has 0 aliphatic carbocycles. The number of phenolic OH excluding ortho intramolecular Hbond substituents is 3. The molecule has 0 saturated carbocycles. The first-order valence-corrected chi connectivity index (χ1v) is 19.0. The second-order valence-corrected chi connectivity index (χ2v) is 15.2. The van der Waals surface area contributed by atoms with Crippen LogP contribution in [0.3, 0.4) is 0 Å². The Labute approximate surface area is 337 Å². The number of fused-ring (bicyclic) bond motifs is 14. The lowest BCUT2D eigenvalue weighted by atomic mass is 9.78. The van der Waals surface area contributed by atoms with Crippen molar-refractivity contribution in [2.24, 2.45) is 28.7 Å². The Hall–Kier alpha value is -5.70. The topological polar surface area (TPSA) is 214 Å². The number of nitrogens with one attached hydrogen (secondary N) is 1. The van der Waals surface area contributed by atoms with E-state index in [-0.39, 0.29) is 44.5 Å². The van der Waals surface area contributed by atoms with Crippen molar-refractivity contribution in [1.82, 2.24) is 0 Å². The maximum Gasteiger partial charge on any atom is 0.312 e. The van der Waals surface area contributed by atoms with Gasteiger partial charge in [-0.1, -0.05) is 64.1 Å². The molecular formula is C44H52N2O12. The third-order valence-corrected chi connectivity index (χ3v) is 11.1. The molecule has 3 heterocycles. The molecule has 0 radical (unpaired) electrons. The lowest BCUT2D eigenvalue weighted by Gasteiger charge is -2.38. The number of para-hydroxylation sites is 1. The van der Waals surface area contributed by atoms with E-state index in [1.165, 1.54) is 59.4 Å². The summed E-state index contributed by atoms with van der Waals surface area (Å²) < 4.78 is 23.5. The van der Waals surface area contributed by atoms with Gasteiger partial charge in [0.2, 0.25) is 0 Å². The minimum atomic E-state index is -2.05. The van der Waals surface area contributed by atoms with Gasteiger partial charge in [0.25, 0.3) is 11.7 Å². The van der Waals surface area contributed by atoms with E-state index >= 15 is 0 Å². The number of methoxy groups -OCH3 is 1. The van der Waals surface area contributed by atoms with Gasteiger partial charge in [-0.2, -0.15) is 0 Å². The third-order valence-electron chi connectivity index (χ3n) is 11.1. The number of allylic oxidation sites excluding steroid dienone is 2. The zero-order chi connectivity index (χ0) is 42.8. The average Bonchev–Trinajstić information content (AvgIpc) is 3.46. The number of benzene rings is 3. The number of aliphatic imine (C=N–C) groups is 1. The molecule has 0 spiro atoms. The van der Waals surface area contributed by atoms with Crippen LogP contribution < -0.4 is 10.1 Å². The number of aliphatic hydroxyl groups is 2. The summed E-state index contributed by atoms with van der Waals surface area (Å²) >= 11 is 0. The second-order valence-electron chi connectivity index (χ2n) is 15.2. The fraction of sp³-hybridized carbons (Fsp3) is 0.409. The molecule has 0 fully saturated rings. The van der Waals surface area contributed by atoms with Crippen molar-refractivity contribution < 1.29 is 58.9 Å². The van der Waals surface area contributed by atoms with Crippen molar-refractivity contribution in [2.75, 3.05) is 12.4 Å². The molecule has 1 amide bonds. The van der Waals surface area contributed by atoms with E-state index in [2.05, 4.69) is 10.3 Å². The van der Waals surface area contributed by atoms with Gasteiger partial charge in [0.15, 0.2) is 5.75 Å². The van der Waals surface area contributed by atoms with E-state index in [1.807, 2.05) is 0 Å². The number of carbonyl (C=O) groups excluding carboxylic acids is 3. The van der Waals surface area contributed by atoms with Crippen LogP contribution in [0.1, 0.15) is 70.0 Å². The maximum atomic E-state index is 14.4. The first-order chi connectivity index (χ1) is 27.3. The standard InChI is InChI=1S/C44H52N2O12/c1-21-14-13-15-22(2)43(54)46-34-29(20-45-28-16-11-10-12-17-28)38(51)31-32(39(34)52)37(50)26(6)41-33(31)42(53)44(8,58-41)56-19-18-30(55-9)23(3)40(57-27(7)47)25(5)36(49)24(4)35(21)48/h10-21,23-25,30,35-36,40,48-52H,1-9H3,(H,46,54)/b14-13+,19-18+,22-15-,45-20?/t21-,23-,24-,25-,30+,35+,36+,40-,44+/m1/s1. The van der Waals surface area contributed by atoms with E-state index < -0.39 is 88.8 Å². The number of amides is 1. The monoisotopic (exact) mass is 800 g/mol. The number of hydrogen-bond acceptors (Lipinski definition) is 13. The first kappa shape index (κ1) is 43.4. The molecule has 5 bridgehead atoms. The van der Waals surface area contributed by atoms with Gasteiger partial charge in [-0.3, -0.25) is 19.4 Å². The van der Waals surface area contributed by atoms with E-state index in [9.17, 15) is 39.9 Å². The number of aromatic hydroxyl groups is 3. The minimum Gasteiger partial charge on any atom is -0.507 e. The highest BCUT2D eigenvalue weighted by atomic mass is 16.7. The van der Waals surface area contributed by atoms with Crippen molar-refractivity contribution in [3.63, 3.8) is 0 Å². The highest BCUT2D eigenvalue weighted by Crippen LogP contribution is 2.55. The van der Waals surface area contributed by atoms with E-state index in [1.54, 1.807) is 70.2 Å². The Morgan fingerprint density at radius 1 is 0.914 bits per heavy atom. The Bertz CT molecular complexity index is 2200. The molecule has 6 rings (SSSR count). The number of Topliss-reactive ketones (excluding diaryl/α,β-unsaturated/α-hetero) is 1. The lowest BCUT2D eigenvalue weighted by Crippen LogP contribution is -2.46. The summed E-state index contributed by atoms with van der Waals surface area (Å²) in [5.74, 6) is -8.49. The zero-order valence-electron chi connectivity index (χ0n) is 34.0. The molecule has 14 nitrogen and oxygen atoms in total. The van der Waals surface area contributed by atoms with E-state index in [0.29, 0.717) is 5.69 Å². The van der Waals surface area contributed by atoms with Crippen LogP contribution in [0.15, 0.2) is 71.5 Å². The van der Waals surface area contributed by atoms with Crippen LogP contribution in [-0.2, 0) is 23.8 Å². The highest BCUT2D eigenvalue weighted by Gasteiger charge is 2.50. The molecule has 58 heavy (non-hydrogen) atoms. The quantitative estimate of drug-likeness (QED) is 0.0722. The summed E-state index contributed by atoms with van der Waals surface area (Å²) in [7, 11) is 1.43. The van der Waals surface area contributed by atoms with E-state index in [0.717, 1.165) is 0 Å². The molecule has 3 aliphatic heterocycles. The summed E-state index contributed by atoms with van der Waals surface area (Å²) in [5.41, 5.74) is 0.00359. The maximum absolute atomic E-state index is 14.4. The normalized spacial score (nSPS) is 30.4. The fourth-order valence-corrected chi connectivity index (χ4v) is 7.53. The molecule has 9 atom stereocenters. The number of rotatable bonds is 4. The number of nitrogens with zero attached hydrogens (tertiary/aromatic N) is 1. The van der Waals surface area contributed by atoms with Gasteiger partial charge in [0.1, 0.15) is 23.4 Å². The van der Waals surface area contributed by atoms with Gasteiger partial charge in [-0.25, -0.2) is 0 Å². The molecule has 0 unspecified atom stereocenters. The van der Waals surface area contributed by atoms with Crippen molar-refractivity contribution in [1.29, 1.82) is 0 Å². The number of phenols is 3. The second kappa shape index (κ2) is 17.4. The number of carbonyl (C=O) groups is 3. The summed E-state index contributed by atoms with van der Waals surface area (Å²) in [6.07, 6.45) is 4.72. The molecule has 3 aromatic rings. The predicted octanol–water partition coefficient (Wildman–Crippen LogP) is 6.50. The van der Waals surface area contributed by atoms with Gasteiger partial charge < -0.3 is 49.8 Å². The summed E-state index contributed by atoms with van der Waals surface area (Å²) in [4.78, 5) is 44.8. The molecule has 6 N–H and O–H groups in total. The van der Waals surface area contributed by atoms with Gasteiger partial charge in [0.05, 0.1) is 52.5 Å². The minimum absolute atomic E-state index is 0.0438. The van der Waals surface area contributed by atoms with Gasteiger partial charge in [-0.05, 0) is 32.1 Å².